The molecular weight excluding hydrogens is 260 g/mol. The summed E-state index contributed by atoms with van der Waals surface area (Å²) >= 11 is 0. The van der Waals surface area contributed by atoms with Crippen LogP contribution in [0.3, 0.4) is 0 Å². The summed E-state index contributed by atoms with van der Waals surface area (Å²) in [5, 5.41) is 14.3. The van der Waals surface area contributed by atoms with E-state index in [1.165, 1.54) is 20.8 Å². The molecule has 2 unspecified atom stereocenters. The van der Waals surface area contributed by atoms with E-state index < -0.39 is 23.5 Å². The predicted molar refractivity (Wildman–Crippen MR) is 76.2 cm³/mol. The summed E-state index contributed by atoms with van der Waals surface area (Å²) in [6.07, 6.45) is 0.981. The van der Waals surface area contributed by atoms with Crippen LogP contribution in [0.15, 0.2) is 0 Å². The molecule has 0 saturated carbocycles. The third kappa shape index (κ3) is 6.54. The second-order valence-corrected chi connectivity index (χ2v) is 6.61. The van der Waals surface area contributed by atoms with Gasteiger partial charge in [-0.1, -0.05) is 20.8 Å². The van der Waals surface area contributed by atoms with Crippen LogP contribution in [0.1, 0.15) is 54.4 Å². The summed E-state index contributed by atoms with van der Waals surface area (Å²) < 4.78 is 0. The van der Waals surface area contributed by atoms with Gasteiger partial charge in [-0.25, -0.2) is 4.79 Å². The molecular formula is C14H26N2O4. The quantitative estimate of drug-likeness (QED) is 0.685. The molecule has 0 aliphatic rings. The Kier molecular flexibility index (Phi) is 6.19. The lowest BCUT2D eigenvalue weighted by molar-refractivity contribution is -0.147. The van der Waals surface area contributed by atoms with Crippen molar-refractivity contribution in [3.05, 3.63) is 0 Å². The zero-order valence-electron chi connectivity index (χ0n) is 13.2. The monoisotopic (exact) mass is 286 g/mol. The van der Waals surface area contributed by atoms with Gasteiger partial charge in [0.2, 0.25) is 11.8 Å². The normalized spacial score (nSPS) is 15.9. The minimum atomic E-state index is -1.34. The highest BCUT2D eigenvalue weighted by Gasteiger charge is 2.36. The van der Waals surface area contributed by atoms with Crippen LogP contribution in [0.4, 0.5) is 0 Å². The molecule has 0 spiro atoms. The van der Waals surface area contributed by atoms with Gasteiger partial charge in [-0.15, -0.1) is 0 Å². The third-order valence-corrected chi connectivity index (χ3v) is 3.06. The van der Waals surface area contributed by atoms with Crippen LogP contribution in [-0.2, 0) is 14.4 Å². The molecule has 0 aromatic rings. The minimum absolute atomic E-state index is 0.0231. The lowest BCUT2D eigenvalue weighted by Gasteiger charge is -2.30. The summed E-state index contributed by atoms with van der Waals surface area (Å²) in [4.78, 5) is 34.3. The van der Waals surface area contributed by atoms with Crippen molar-refractivity contribution in [3.63, 3.8) is 0 Å². The Balaban J connectivity index is 4.80. The minimum Gasteiger partial charge on any atom is -0.480 e. The first-order chi connectivity index (χ1) is 8.87. The van der Waals surface area contributed by atoms with E-state index in [4.69, 9.17) is 0 Å². The number of hydrogen-bond donors (Lipinski definition) is 3. The Bertz CT molecular complexity index is 387. The number of carbonyl (C=O) groups is 3. The molecule has 116 valence electrons. The first-order valence-electron chi connectivity index (χ1n) is 6.70. The van der Waals surface area contributed by atoms with Crippen LogP contribution < -0.4 is 10.6 Å². The fourth-order valence-electron chi connectivity index (χ4n) is 1.60. The molecule has 2 atom stereocenters. The van der Waals surface area contributed by atoms with E-state index in [2.05, 4.69) is 10.6 Å². The highest BCUT2D eigenvalue weighted by atomic mass is 16.4. The van der Waals surface area contributed by atoms with E-state index in [1.807, 2.05) is 20.8 Å². The van der Waals surface area contributed by atoms with E-state index in [0.717, 1.165) is 0 Å². The molecule has 0 aromatic heterocycles. The molecule has 0 radical (unpaired) electrons. The van der Waals surface area contributed by atoms with E-state index in [9.17, 15) is 19.5 Å². The van der Waals surface area contributed by atoms with Crippen LogP contribution in [-0.4, -0.2) is 34.5 Å². The fourth-order valence-corrected chi connectivity index (χ4v) is 1.60. The molecule has 20 heavy (non-hydrogen) atoms. The number of aliphatic carboxylic acids is 1. The first-order valence-corrected chi connectivity index (χ1v) is 6.70. The Morgan fingerprint density at radius 3 is 1.95 bits per heavy atom. The summed E-state index contributed by atoms with van der Waals surface area (Å²) in [7, 11) is 0. The Morgan fingerprint density at radius 1 is 1.10 bits per heavy atom. The zero-order chi connectivity index (χ0) is 16.1. The summed E-state index contributed by atoms with van der Waals surface area (Å²) in [6, 6.07) is -0.763. The second kappa shape index (κ2) is 6.72. The molecule has 0 rings (SSSR count). The zero-order valence-corrected chi connectivity index (χ0v) is 13.2. The molecule has 0 aromatic carbocycles. The van der Waals surface area contributed by atoms with Crippen LogP contribution in [0, 0.1) is 5.41 Å². The summed E-state index contributed by atoms with van der Waals surface area (Å²) in [5.74, 6) is -1.91. The lowest BCUT2D eigenvalue weighted by atomic mass is 9.84. The maximum absolute atomic E-state index is 11.9. The van der Waals surface area contributed by atoms with Crippen LogP contribution in [0.25, 0.3) is 0 Å². The molecule has 3 N–H and O–H groups in total. The van der Waals surface area contributed by atoms with Gasteiger partial charge in [-0.2, -0.15) is 0 Å². The molecule has 0 heterocycles. The van der Waals surface area contributed by atoms with Crippen LogP contribution in [0.5, 0.6) is 0 Å². The van der Waals surface area contributed by atoms with Gasteiger partial charge in [0, 0.05) is 6.92 Å². The van der Waals surface area contributed by atoms with Crippen molar-refractivity contribution in [1.82, 2.24) is 10.6 Å². The van der Waals surface area contributed by atoms with Crippen LogP contribution >= 0.6 is 0 Å². The highest BCUT2D eigenvalue weighted by molar-refractivity contribution is 5.91. The molecule has 2 amide bonds. The van der Waals surface area contributed by atoms with Gasteiger partial charge in [0.05, 0.1) is 0 Å². The fraction of sp³-hybridized carbons (Fsp3) is 0.786. The largest absolute Gasteiger partial charge is 0.480 e. The number of nitrogens with one attached hydrogen (secondary N) is 2. The first kappa shape index (κ1) is 18.4. The second-order valence-electron chi connectivity index (χ2n) is 6.61. The molecule has 0 fully saturated rings. The van der Waals surface area contributed by atoms with E-state index in [1.54, 1.807) is 0 Å². The smallest absolute Gasteiger partial charge is 0.329 e. The molecule has 0 aliphatic heterocycles. The molecule has 6 nitrogen and oxygen atoms in total. The number of amides is 2. The SMILES string of the molecule is CC(=O)NC(C)C(=O)NC(C)(CCC(C)(C)C)C(=O)O. The molecule has 0 aliphatic carbocycles. The van der Waals surface area contributed by atoms with Crippen molar-refractivity contribution in [2.75, 3.05) is 0 Å². The van der Waals surface area contributed by atoms with E-state index in [-0.39, 0.29) is 11.3 Å². The Hall–Kier alpha value is -1.59. The Labute approximate surface area is 120 Å². The predicted octanol–water partition coefficient (Wildman–Crippen LogP) is 1.30. The maximum atomic E-state index is 11.9. The average Bonchev–Trinajstić information content (AvgIpc) is 2.24. The average molecular weight is 286 g/mol. The van der Waals surface area contributed by atoms with Crippen LogP contribution in [0.2, 0.25) is 0 Å². The third-order valence-electron chi connectivity index (χ3n) is 3.06. The van der Waals surface area contributed by atoms with Gasteiger partial charge >= 0.3 is 5.97 Å². The van der Waals surface area contributed by atoms with Gasteiger partial charge in [0.15, 0.2) is 0 Å². The number of carboxylic acids is 1. The number of rotatable bonds is 6. The lowest BCUT2D eigenvalue weighted by Crippen LogP contribution is -2.57. The maximum Gasteiger partial charge on any atom is 0.329 e. The van der Waals surface area contributed by atoms with Gasteiger partial charge in [-0.05, 0) is 32.1 Å². The van der Waals surface area contributed by atoms with Crippen molar-refractivity contribution in [2.45, 2.75) is 66.0 Å². The molecule has 0 saturated heterocycles. The number of hydrogen-bond acceptors (Lipinski definition) is 3. The highest BCUT2D eigenvalue weighted by Crippen LogP contribution is 2.25. The van der Waals surface area contributed by atoms with Crippen molar-refractivity contribution in [3.8, 4) is 0 Å². The van der Waals surface area contributed by atoms with E-state index in [0.29, 0.717) is 12.8 Å². The van der Waals surface area contributed by atoms with E-state index >= 15 is 0 Å². The van der Waals surface area contributed by atoms with Crippen molar-refractivity contribution in [2.24, 2.45) is 5.41 Å². The van der Waals surface area contributed by atoms with Gasteiger partial charge in [0.25, 0.3) is 0 Å². The standard InChI is InChI=1S/C14H26N2O4/c1-9(15-10(2)17)11(18)16-14(6,12(19)20)8-7-13(3,4)5/h9H,7-8H2,1-6H3,(H,15,17)(H,16,18)(H,19,20). The molecule has 6 heteroatoms. The number of carboxylic acid groups (broad SMARTS) is 1. The van der Waals surface area contributed by atoms with Crippen molar-refractivity contribution in [1.29, 1.82) is 0 Å². The van der Waals surface area contributed by atoms with Gasteiger partial charge in [-0.3, -0.25) is 9.59 Å². The molecule has 0 bridgehead atoms. The van der Waals surface area contributed by atoms with Gasteiger partial charge < -0.3 is 15.7 Å². The van der Waals surface area contributed by atoms with Gasteiger partial charge in [0.1, 0.15) is 11.6 Å². The van der Waals surface area contributed by atoms with Crippen molar-refractivity contribution < 1.29 is 19.5 Å². The summed E-state index contributed by atoms with van der Waals surface area (Å²) in [6.45, 7) is 10.3. The Morgan fingerprint density at radius 2 is 1.60 bits per heavy atom. The summed E-state index contributed by atoms with van der Waals surface area (Å²) in [5.41, 5.74) is -1.36. The van der Waals surface area contributed by atoms with Crippen molar-refractivity contribution >= 4 is 17.8 Å². The number of carbonyl (C=O) groups excluding carboxylic acids is 2. The topological polar surface area (TPSA) is 95.5 Å².